The van der Waals surface area contributed by atoms with Gasteiger partial charge in [-0.15, -0.1) is 0 Å². The SMILES string of the molecule is CCNC(=O)NCc1ccccc1-c1cc(-c2cnc(NC(C)C)s2)nc(NCC(C)N)n1. The number of hydrogen-bond donors (Lipinski definition) is 5. The van der Waals surface area contributed by atoms with Gasteiger partial charge in [-0.25, -0.2) is 19.7 Å². The van der Waals surface area contributed by atoms with Crippen LogP contribution in [0.25, 0.3) is 21.8 Å². The predicted octanol–water partition coefficient (Wildman–Crippen LogP) is 3.67. The van der Waals surface area contributed by atoms with Crippen LogP contribution in [-0.2, 0) is 6.54 Å². The largest absolute Gasteiger partial charge is 0.359 e. The van der Waals surface area contributed by atoms with E-state index in [4.69, 9.17) is 15.7 Å². The number of hydrogen-bond acceptors (Lipinski definition) is 8. The average Bonchev–Trinajstić information content (AvgIpc) is 3.24. The van der Waals surface area contributed by atoms with Gasteiger partial charge < -0.3 is 27.0 Å². The summed E-state index contributed by atoms with van der Waals surface area (Å²) in [6.07, 6.45) is 1.82. The van der Waals surface area contributed by atoms with Crippen molar-refractivity contribution in [2.75, 3.05) is 23.7 Å². The van der Waals surface area contributed by atoms with Crippen molar-refractivity contribution in [2.24, 2.45) is 5.73 Å². The molecule has 0 aliphatic rings. The second-order valence-corrected chi connectivity index (χ2v) is 9.05. The molecule has 0 saturated carbocycles. The van der Waals surface area contributed by atoms with E-state index in [0.717, 1.165) is 32.5 Å². The number of carbonyl (C=O) groups excluding carboxylic acids is 1. The molecule has 2 heterocycles. The minimum absolute atomic E-state index is 0.0421. The molecule has 3 aromatic rings. The zero-order valence-electron chi connectivity index (χ0n) is 19.5. The molecule has 2 aromatic heterocycles. The molecule has 3 rings (SSSR count). The van der Waals surface area contributed by atoms with Crippen molar-refractivity contribution in [3.05, 3.63) is 42.1 Å². The second-order valence-electron chi connectivity index (χ2n) is 8.02. The summed E-state index contributed by atoms with van der Waals surface area (Å²) in [6, 6.07) is 9.88. The lowest BCUT2D eigenvalue weighted by Crippen LogP contribution is -2.34. The number of nitrogens with two attached hydrogens (primary N) is 1. The number of nitrogens with zero attached hydrogens (tertiary/aromatic N) is 3. The van der Waals surface area contributed by atoms with Crippen molar-refractivity contribution < 1.29 is 4.79 Å². The number of nitrogens with one attached hydrogen (secondary N) is 4. The highest BCUT2D eigenvalue weighted by Crippen LogP contribution is 2.32. The highest BCUT2D eigenvalue weighted by molar-refractivity contribution is 7.18. The molecule has 1 atom stereocenters. The van der Waals surface area contributed by atoms with Crippen molar-refractivity contribution in [3.63, 3.8) is 0 Å². The van der Waals surface area contributed by atoms with Gasteiger partial charge in [-0.2, -0.15) is 0 Å². The molecule has 0 aliphatic heterocycles. The minimum Gasteiger partial charge on any atom is -0.359 e. The standard InChI is InChI=1S/C23H32N8OS/c1-5-25-22(32)27-12-16-8-6-7-9-17(16)18-10-19(31-21(30-18)26-11-15(4)24)20-13-28-23(33-20)29-14(2)3/h6-10,13-15H,5,11-12,24H2,1-4H3,(H,28,29)(H2,25,27,32)(H,26,30,31). The van der Waals surface area contributed by atoms with Gasteiger partial charge in [0, 0.05) is 43.5 Å². The van der Waals surface area contributed by atoms with E-state index < -0.39 is 0 Å². The van der Waals surface area contributed by atoms with Crippen molar-refractivity contribution in [3.8, 4) is 21.8 Å². The van der Waals surface area contributed by atoms with Crippen molar-refractivity contribution in [1.82, 2.24) is 25.6 Å². The van der Waals surface area contributed by atoms with E-state index in [0.29, 0.717) is 25.6 Å². The van der Waals surface area contributed by atoms with E-state index in [1.54, 1.807) is 11.3 Å². The van der Waals surface area contributed by atoms with Crippen LogP contribution >= 0.6 is 11.3 Å². The Balaban J connectivity index is 1.97. The van der Waals surface area contributed by atoms with Crippen molar-refractivity contribution in [1.29, 1.82) is 0 Å². The molecule has 10 heteroatoms. The molecule has 0 spiro atoms. The van der Waals surface area contributed by atoms with Gasteiger partial charge in [0.25, 0.3) is 0 Å². The first kappa shape index (κ1) is 24.4. The summed E-state index contributed by atoms with van der Waals surface area (Å²) in [5.41, 5.74) is 9.33. The Morgan fingerprint density at radius 1 is 1.12 bits per heavy atom. The number of carbonyl (C=O) groups is 1. The molecule has 9 nitrogen and oxygen atoms in total. The molecule has 1 aromatic carbocycles. The lowest BCUT2D eigenvalue weighted by atomic mass is 10.0. The summed E-state index contributed by atoms with van der Waals surface area (Å²) < 4.78 is 0. The maximum Gasteiger partial charge on any atom is 0.315 e. The predicted molar refractivity (Wildman–Crippen MR) is 135 cm³/mol. The van der Waals surface area contributed by atoms with Crippen LogP contribution in [0.5, 0.6) is 0 Å². The fourth-order valence-electron chi connectivity index (χ4n) is 3.07. The van der Waals surface area contributed by atoms with Gasteiger partial charge in [0.1, 0.15) is 0 Å². The topological polar surface area (TPSA) is 130 Å². The van der Waals surface area contributed by atoms with Crippen LogP contribution in [0.2, 0.25) is 0 Å². The Bertz CT molecular complexity index is 1070. The summed E-state index contributed by atoms with van der Waals surface area (Å²) in [5.74, 6) is 0.498. The Labute approximate surface area is 198 Å². The number of amides is 2. The van der Waals surface area contributed by atoms with Crippen LogP contribution in [0.3, 0.4) is 0 Å². The fraction of sp³-hybridized carbons (Fsp3) is 0.391. The van der Waals surface area contributed by atoms with Gasteiger partial charge >= 0.3 is 6.03 Å². The van der Waals surface area contributed by atoms with Gasteiger partial charge in [-0.1, -0.05) is 35.6 Å². The summed E-state index contributed by atoms with van der Waals surface area (Å²) >= 11 is 1.54. The maximum absolute atomic E-state index is 11.9. The van der Waals surface area contributed by atoms with E-state index in [9.17, 15) is 4.79 Å². The van der Waals surface area contributed by atoms with Crippen LogP contribution in [0.15, 0.2) is 36.5 Å². The first-order valence-corrected chi connectivity index (χ1v) is 11.9. The summed E-state index contributed by atoms with van der Waals surface area (Å²) in [6.45, 7) is 9.46. The van der Waals surface area contributed by atoms with Gasteiger partial charge in [0.05, 0.1) is 16.3 Å². The van der Waals surface area contributed by atoms with Crippen LogP contribution in [0.4, 0.5) is 15.9 Å². The van der Waals surface area contributed by atoms with E-state index >= 15 is 0 Å². The van der Waals surface area contributed by atoms with Gasteiger partial charge in [-0.05, 0) is 39.3 Å². The van der Waals surface area contributed by atoms with Gasteiger partial charge in [0.2, 0.25) is 5.95 Å². The lowest BCUT2D eigenvalue weighted by molar-refractivity contribution is 0.241. The lowest BCUT2D eigenvalue weighted by Gasteiger charge is -2.14. The second kappa shape index (κ2) is 11.6. The molecule has 0 saturated heterocycles. The van der Waals surface area contributed by atoms with Crippen LogP contribution in [0.1, 0.15) is 33.3 Å². The molecule has 0 bridgehead atoms. The summed E-state index contributed by atoms with van der Waals surface area (Å²) in [7, 11) is 0. The zero-order valence-corrected chi connectivity index (χ0v) is 20.3. The first-order chi connectivity index (χ1) is 15.9. The molecule has 33 heavy (non-hydrogen) atoms. The third-order valence-electron chi connectivity index (χ3n) is 4.55. The number of benzene rings is 1. The highest BCUT2D eigenvalue weighted by atomic mass is 32.1. The number of anilines is 2. The Morgan fingerprint density at radius 3 is 2.61 bits per heavy atom. The van der Waals surface area contributed by atoms with E-state index in [1.165, 1.54) is 0 Å². The van der Waals surface area contributed by atoms with Crippen molar-refractivity contribution >= 4 is 28.4 Å². The quantitative estimate of drug-likeness (QED) is 0.307. The van der Waals surface area contributed by atoms with Crippen LogP contribution in [-0.4, -0.2) is 46.2 Å². The highest BCUT2D eigenvalue weighted by Gasteiger charge is 2.14. The van der Waals surface area contributed by atoms with Gasteiger partial charge in [-0.3, -0.25) is 0 Å². The van der Waals surface area contributed by atoms with Gasteiger partial charge in [0.15, 0.2) is 5.13 Å². The third-order valence-corrected chi connectivity index (χ3v) is 5.50. The number of thiazole rings is 1. The van der Waals surface area contributed by atoms with Crippen LogP contribution in [0, 0.1) is 0 Å². The molecule has 176 valence electrons. The van der Waals surface area contributed by atoms with E-state index in [1.807, 2.05) is 50.4 Å². The number of aromatic nitrogens is 3. The normalized spacial score (nSPS) is 11.8. The molecule has 1 unspecified atom stereocenters. The summed E-state index contributed by atoms with van der Waals surface area (Å²) in [5, 5.41) is 13.0. The Kier molecular flexibility index (Phi) is 8.56. The molecule has 0 fully saturated rings. The maximum atomic E-state index is 11.9. The summed E-state index contributed by atoms with van der Waals surface area (Å²) in [4.78, 5) is 26.8. The third kappa shape index (κ3) is 7.13. The van der Waals surface area contributed by atoms with Crippen LogP contribution < -0.4 is 27.0 Å². The number of rotatable bonds is 10. The van der Waals surface area contributed by atoms with Crippen molar-refractivity contribution in [2.45, 2.75) is 46.3 Å². The smallest absolute Gasteiger partial charge is 0.315 e. The minimum atomic E-state index is -0.204. The Hall–Kier alpha value is -3.24. The molecule has 2 amide bonds. The molecule has 0 aliphatic carbocycles. The zero-order chi connectivity index (χ0) is 23.8. The number of urea groups is 1. The molecule has 6 N–H and O–H groups in total. The monoisotopic (exact) mass is 468 g/mol. The fourth-order valence-corrected chi connectivity index (χ4v) is 3.99. The first-order valence-electron chi connectivity index (χ1n) is 11.1. The Morgan fingerprint density at radius 2 is 1.88 bits per heavy atom. The van der Waals surface area contributed by atoms with E-state index in [-0.39, 0.29) is 18.1 Å². The molecular formula is C23H32N8OS. The van der Waals surface area contributed by atoms with E-state index in [2.05, 4.69) is 40.1 Å². The molecular weight excluding hydrogens is 436 g/mol. The average molecular weight is 469 g/mol. The molecule has 0 radical (unpaired) electrons.